The zero-order chi connectivity index (χ0) is 24.7. The molecule has 35 heavy (non-hydrogen) atoms. The third kappa shape index (κ3) is 4.51. The van der Waals surface area contributed by atoms with E-state index < -0.39 is 23.7 Å². The number of anilines is 1. The van der Waals surface area contributed by atoms with Crippen LogP contribution in [0.25, 0.3) is 10.2 Å². The quantitative estimate of drug-likeness (QED) is 0.582. The number of carbonyl (C=O) groups is 2. The molecule has 9 nitrogen and oxygen atoms in total. The molecule has 2 amide bonds. The van der Waals surface area contributed by atoms with Gasteiger partial charge in [0, 0.05) is 63.8 Å². The molecule has 2 aliphatic rings. The molecule has 0 atom stereocenters. The van der Waals surface area contributed by atoms with E-state index in [0.717, 1.165) is 23.2 Å². The molecule has 0 aromatic carbocycles. The fourth-order valence-corrected chi connectivity index (χ4v) is 5.44. The Kier molecular flexibility index (Phi) is 6.03. The number of alkyl halides is 3. The van der Waals surface area contributed by atoms with Crippen molar-refractivity contribution in [1.82, 2.24) is 24.8 Å². The van der Waals surface area contributed by atoms with E-state index >= 15 is 0 Å². The van der Waals surface area contributed by atoms with Gasteiger partial charge < -0.3 is 19.5 Å². The molecule has 3 aromatic heterocycles. The molecule has 0 radical (unpaired) electrons. The maximum absolute atomic E-state index is 13.8. The Bertz CT molecular complexity index is 1270. The van der Waals surface area contributed by atoms with Crippen LogP contribution in [0.4, 0.5) is 23.8 Å². The third-order valence-electron chi connectivity index (χ3n) is 6.32. The minimum absolute atomic E-state index is 0.0381. The second-order valence-corrected chi connectivity index (χ2v) is 9.34. The maximum atomic E-state index is 13.8. The van der Waals surface area contributed by atoms with Crippen LogP contribution >= 0.6 is 11.3 Å². The number of halogens is 3. The first-order chi connectivity index (χ1) is 16.7. The van der Waals surface area contributed by atoms with E-state index in [1.165, 1.54) is 12.4 Å². The zero-order valence-corrected chi connectivity index (χ0v) is 19.7. The highest BCUT2D eigenvalue weighted by molar-refractivity contribution is 7.17. The molecule has 1 N–H and O–H groups in total. The molecule has 5 rings (SSSR count). The zero-order valence-electron chi connectivity index (χ0n) is 18.8. The van der Waals surface area contributed by atoms with Crippen LogP contribution < -0.4 is 10.2 Å². The fraction of sp³-hybridized carbons (Fsp3) is 0.455. The van der Waals surface area contributed by atoms with E-state index in [1.54, 1.807) is 16.0 Å². The van der Waals surface area contributed by atoms with Crippen molar-refractivity contribution in [2.24, 2.45) is 0 Å². The van der Waals surface area contributed by atoms with Gasteiger partial charge in [0.15, 0.2) is 0 Å². The minimum atomic E-state index is -4.59. The average molecular weight is 509 g/mol. The number of ether oxygens (including phenoxy) is 1. The van der Waals surface area contributed by atoms with E-state index in [9.17, 15) is 22.8 Å². The van der Waals surface area contributed by atoms with Gasteiger partial charge in [0.05, 0.1) is 27.9 Å². The summed E-state index contributed by atoms with van der Waals surface area (Å²) in [6, 6.07) is 1.04. The summed E-state index contributed by atoms with van der Waals surface area (Å²) in [6.07, 6.45) is -0.848. The van der Waals surface area contributed by atoms with Crippen molar-refractivity contribution in [1.29, 1.82) is 0 Å². The lowest BCUT2D eigenvalue weighted by molar-refractivity contribution is -0.136. The van der Waals surface area contributed by atoms with Crippen molar-refractivity contribution in [3.05, 3.63) is 40.8 Å². The van der Waals surface area contributed by atoms with Crippen LogP contribution in [-0.2, 0) is 24.0 Å². The molecule has 13 heteroatoms. The SMILES string of the molecule is CNC(=O)c1csc2c(C(F)(F)F)cc(N3CCC(OC(=O)N4CCn5ccnc5C4)CC3)nc12. The summed E-state index contributed by atoms with van der Waals surface area (Å²) in [4.78, 5) is 36.8. The van der Waals surface area contributed by atoms with Gasteiger partial charge >= 0.3 is 12.3 Å². The van der Waals surface area contributed by atoms with Crippen molar-refractivity contribution in [3.8, 4) is 0 Å². The molecule has 0 spiro atoms. The molecule has 0 aliphatic carbocycles. The summed E-state index contributed by atoms with van der Waals surface area (Å²) in [7, 11) is 1.42. The van der Waals surface area contributed by atoms with Crippen molar-refractivity contribution < 1.29 is 27.5 Å². The molecule has 0 bridgehead atoms. The summed E-state index contributed by atoms with van der Waals surface area (Å²) < 4.78 is 49.0. The van der Waals surface area contributed by atoms with Gasteiger partial charge in [0.2, 0.25) is 0 Å². The standard InChI is InChI=1S/C22H23F3N6O3S/c1-26-20(32)14-12-35-19-15(22(23,24)25)10-16(28-18(14)19)29-5-2-13(3-6-29)34-21(33)31-9-8-30-7-4-27-17(30)11-31/h4,7,10,12-13H,2-3,5-6,8-9,11H2,1H3,(H,26,32). The summed E-state index contributed by atoms with van der Waals surface area (Å²) in [6.45, 7) is 2.30. The number of imidazole rings is 1. The summed E-state index contributed by atoms with van der Waals surface area (Å²) in [5, 5.41) is 3.84. The van der Waals surface area contributed by atoms with Crippen LogP contribution in [0.3, 0.4) is 0 Å². The predicted molar refractivity (Wildman–Crippen MR) is 122 cm³/mol. The molecule has 186 valence electrons. The summed E-state index contributed by atoms with van der Waals surface area (Å²) in [5.41, 5.74) is -0.656. The molecule has 3 aromatic rings. The second kappa shape index (κ2) is 9.02. The Balaban J connectivity index is 1.29. The van der Waals surface area contributed by atoms with Gasteiger partial charge in [0.1, 0.15) is 17.7 Å². The number of thiophene rings is 1. The van der Waals surface area contributed by atoms with Gasteiger partial charge in [-0.25, -0.2) is 14.8 Å². The van der Waals surface area contributed by atoms with Gasteiger partial charge in [-0.3, -0.25) is 9.69 Å². The Morgan fingerprint density at radius 2 is 1.97 bits per heavy atom. The van der Waals surface area contributed by atoms with Gasteiger partial charge in [-0.15, -0.1) is 11.3 Å². The van der Waals surface area contributed by atoms with Crippen molar-refractivity contribution in [3.63, 3.8) is 0 Å². The second-order valence-electron chi connectivity index (χ2n) is 8.46. The molecule has 2 aliphatic heterocycles. The smallest absolute Gasteiger partial charge is 0.417 e. The van der Waals surface area contributed by atoms with Crippen LogP contribution in [0.15, 0.2) is 23.8 Å². The van der Waals surface area contributed by atoms with Crippen LogP contribution in [0.2, 0.25) is 0 Å². The highest BCUT2D eigenvalue weighted by Crippen LogP contribution is 2.40. The lowest BCUT2D eigenvalue weighted by Gasteiger charge is -2.34. The van der Waals surface area contributed by atoms with Gasteiger partial charge in [0.25, 0.3) is 5.91 Å². The number of amides is 2. The first-order valence-corrected chi connectivity index (χ1v) is 12.0. The van der Waals surface area contributed by atoms with Crippen LogP contribution in [0.1, 0.15) is 34.6 Å². The minimum Gasteiger partial charge on any atom is -0.446 e. The number of hydrogen-bond donors (Lipinski definition) is 1. The van der Waals surface area contributed by atoms with Gasteiger partial charge in [-0.05, 0) is 6.07 Å². The van der Waals surface area contributed by atoms with Crippen molar-refractivity contribution >= 4 is 39.4 Å². The highest BCUT2D eigenvalue weighted by Gasteiger charge is 2.36. The maximum Gasteiger partial charge on any atom is 0.417 e. The Morgan fingerprint density at radius 1 is 1.20 bits per heavy atom. The van der Waals surface area contributed by atoms with E-state index in [1.807, 2.05) is 10.8 Å². The fourth-order valence-electron chi connectivity index (χ4n) is 4.41. The average Bonchev–Trinajstić information content (AvgIpc) is 3.49. The van der Waals surface area contributed by atoms with Crippen molar-refractivity contribution in [2.75, 3.05) is 31.6 Å². The Labute approximate surface area is 202 Å². The van der Waals surface area contributed by atoms with Crippen LogP contribution in [0.5, 0.6) is 0 Å². The highest BCUT2D eigenvalue weighted by atomic mass is 32.1. The predicted octanol–water partition coefficient (Wildman–Crippen LogP) is 3.49. The lowest BCUT2D eigenvalue weighted by atomic mass is 10.1. The molecule has 1 fully saturated rings. The first kappa shape index (κ1) is 23.4. The number of rotatable bonds is 3. The molecule has 0 saturated carbocycles. The van der Waals surface area contributed by atoms with Gasteiger partial charge in [-0.1, -0.05) is 0 Å². The van der Waals surface area contributed by atoms with E-state index in [-0.39, 0.29) is 27.7 Å². The van der Waals surface area contributed by atoms with E-state index in [4.69, 9.17) is 4.74 Å². The van der Waals surface area contributed by atoms with Crippen molar-refractivity contribution in [2.45, 2.75) is 38.2 Å². The van der Waals surface area contributed by atoms with Crippen LogP contribution in [0, 0.1) is 0 Å². The van der Waals surface area contributed by atoms with Crippen LogP contribution in [-0.4, -0.2) is 64.2 Å². The molecule has 0 unspecified atom stereocenters. The number of pyridine rings is 1. The first-order valence-electron chi connectivity index (χ1n) is 11.2. The summed E-state index contributed by atoms with van der Waals surface area (Å²) >= 11 is 0.854. The number of piperidine rings is 1. The largest absolute Gasteiger partial charge is 0.446 e. The number of hydrogen-bond acceptors (Lipinski definition) is 7. The number of nitrogens with one attached hydrogen (secondary N) is 1. The normalized spacial score (nSPS) is 16.9. The molecular weight excluding hydrogens is 485 g/mol. The Hall–Kier alpha value is -3.35. The topological polar surface area (TPSA) is 92.6 Å². The summed E-state index contributed by atoms with van der Waals surface area (Å²) in [5.74, 6) is 0.468. The number of fused-ring (bicyclic) bond motifs is 2. The monoisotopic (exact) mass is 508 g/mol. The van der Waals surface area contributed by atoms with E-state index in [2.05, 4.69) is 15.3 Å². The Morgan fingerprint density at radius 3 is 2.69 bits per heavy atom. The molecule has 1 saturated heterocycles. The number of carbonyl (C=O) groups excluding carboxylic acids is 2. The third-order valence-corrected chi connectivity index (χ3v) is 7.33. The van der Waals surface area contributed by atoms with Gasteiger partial charge in [-0.2, -0.15) is 13.2 Å². The number of aromatic nitrogens is 3. The lowest BCUT2D eigenvalue weighted by Crippen LogP contribution is -2.43. The van der Waals surface area contributed by atoms with E-state index in [0.29, 0.717) is 45.6 Å². The molecular formula is C22H23F3N6O3S. The molecule has 5 heterocycles. The number of nitrogens with zero attached hydrogens (tertiary/aromatic N) is 5.